The highest BCUT2D eigenvalue weighted by Gasteiger charge is 2.52. The van der Waals surface area contributed by atoms with Crippen molar-refractivity contribution in [2.45, 2.75) is 69.6 Å². The molecule has 7 nitrogen and oxygen atoms in total. The minimum Gasteiger partial charge on any atom is -0.462 e. The third-order valence-corrected chi connectivity index (χ3v) is 11.0. The summed E-state index contributed by atoms with van der Waals surface area (Å²) >= 11 is 0. The number of ether oxygens (including phenoxy) is 1. The number of piperazine rings is 1. The van der Waals surface area contributed by atoms with Gasteiger partial charge in [-0.25, -0.2) is 12.7 Å². The van der Waals surface area contributed by atoms with E-state index < -0.39 is 15.4 Å². The number of esters is 1. The van der Waals surface area contributed by atoms with Crippen molar-refractivity contribution in [3.63, 3.8) is 0 Å². The number of rotatable bonds is 6. The van der Waals surface area contributed by atoms with E-state index in [0.717, 1.165) is 71.2 Å². The van der Waals surface area contributed by atoms with Gasteiger partial charge in [-0.3, -0.25) is 9.69 Å². The van der Waals surface area contributed by atoms with Gasteiger partial charge < -0.3 is 9.64 Å². The number of aryl methyl sites for hydroxylation is 1. The molecule has 0 amide bonds. The van der Waals surface area contributed by atoms with Crippen LogP contribution in [-0.4, -0.2) is 80.8 Å². The predicted octanol–water partition coefficient (Wildman–Crippen LogP) is 3.18. The number of benzene rings is 1. The predicted molar refractivity (Wildman–Crippen MR) is 133 cm³/mol. The Morgan fingerprint density at radius 1 is 0.971 bits per heavy atom. The largest absolute Gasteiger partial charge is 0.462 e. The van der Waals surface area contributed by atoms with Crippen molar-refractivity contribution in [2.24, 2.45) is 5.41 Å². The van der Waals surface area contributed by atoms with Gasteiger partial charge in [0, 0.05) is 57.9 Å². The second-order valence-electron chi connectivity index (χ2n) is 10.8. The number of carbonyl (C=O) groups excluding carboxylic acids is 1. The number of piperidine rings is 1. The lowest BCUT2D eigenvalue weighted by Crippen LogP contribution is -2.47. The minimum absolute atomic E-state index is 0.0411. The number of anilines is 1. The van der Waals surface area contributed by atoms with Crippen molar-refractivity contribution in [3.05, 3.63) is 29.8 Å². The van der Waals surface area contributed by atoms with Gasteiger partial charge in [-0.1, -0.05) is 30.5 Å². The first kappa shape index (κ1) is 24.1. The molecule has 4 fully saturated rings. The van der Waals surface area contributed by atoms with Gasteiger partial charge in [0.25, 0.3) is 0 Å². The molecule has 3 heterocycles. The average molecular weight is 490 g/mol. The van der Waals surface area contributed by atoms with Crippen LogP contribution in [0.5, 0.6) is 0 Å². The van der Waals surface area contributed by atoms with E-state index in [1.165, 1.54) is 11.3 Å². The van der Waals surface area contributed by atoms with E-state index in [0.29, 0.717) is 25.9 Å². The van der Waals surface area contributed by atoms with Crippen LogP contribution in [0.15, 0.2) is 24.3 Å². The van der Waals surface area contributed by atoms with Gasteiger partial charge in [0.15, 0.2) is 0 Å². The Balaban J connectivity index is 1.08. The smallest absolute Gasteiger partial charge is 0.312 e. The van der Waals surface area contributed by atoms with Crippen molar-refractivity contribution >= 4 is 21.7 Å². The summed E-state index contributed by atoms with van der Waals surface area (Å²) in [7, 11) is -3.22. The van der Waals surface area contributed by atoms with Gasteiger partial charge >= 0.3 is 5.97 Å². The summed E-state index contributed by atoms with van der Waals surface area (Å²) in [4.78, 5) is 17.7. The average Bonchev–Trinajstić information content (AvgIpc) is 3.49. The Kier molecular flexibility index (Phi) is 6.93. The quantitative estimate of drug-likeness (QED) is 0.572. The molecule has 0 N–H and O–H groups in total. The fourth-order valence-corrected chi connectivity index (χ4v) is 8.33. The Morgan fingerprint density at radius 2 is 1.62 bits per heavy atom. The zero-order chi connectivity index (χ0) is 23.8. The zero-order valence-corrected chi connectivity index (χ0v) is 21.3. The van der Waals surface area contributed by atoms with Gasteiger partial charge in [0.2, 0.25) is 10.0 Å². The molecule has 1 spiro atoms. The molecule has 0 aromatic heterocycles. The number of carbonyl (C=O) groups is 1. The van der Waals surface area contributed by atoms with E-state index in [1.807, 2.05) is 0 Å². The van der Waals surface area contributed by atoms with E-state index in [9.17, 15) is 13.2 Å². The molecular formula is C26H39N3O4S. The molecule has 4 aliphatic rings. The van der Waals surface area contributed by atoms with Crippen LogP contribution in [0.4, 0.5) is 5.69 Å². The fraction of sp³-hybridized carbons (Fsp3) is 0.731. The van der Waals surface area contributed by atoms with Crippen LogP contribution in [0.25, 0.3) is 0 Å². The Bertz CT molecular complexity index is 958. The van der Waals surface area contributed by atoms with Crippen LogP contribution in [0, 0.1) is 12.3 Å². The van der Waals surface area contributed by atoms with Gasteiger partial charge in [0.1, 0.15) is 6.10 Å². The van der Waals surface area contributed by atoms with Gasteiger partial charge in [0.05, 0.1) is 10.7 Å². The number of hydrogen-bond donors (Lipinski definition) is 0. The summed E-state index contributed by atoms with van der Waals surface area (Å²) in [5, 5.41) is -0.212. The third-order valence-electron chi connectivity index (χ3n) is 8.63. The van der Waals surface area contributed by atoms with Crippen LogP contribution in [0.3, 0.4) is 0 Å². The first-order valence-electron chi connectivity index (χ1n) is 13.1. The molecule has 1 saturated carbocycles. The van der Waals surface area contributed by atoms with E-state index in [1.54, 1.807) is 4.31 Å². The first-order valence-corrected chi connectivity index (χ1v) is 14.6. The maximum atomic E-state index is 12.9. The molecule has 188 valence electrons. The topological polar surface area (TPSA) is 70.2 Å². The first-order chi connectivity index (χ1) is 16.4. The molecule has 3 saturated heterocycles. The molecule has 8 heteroatoms. The highest BCUT2D eigenvalue weighted by atomic mass is 32.2. The van der Waals surface area contributed by atoms with Crippen LogP contribution in [0.2, 0.25) is 0 Å². The number of sulfonamides is 1. The lowest BCUT2D eigenvalue weighted by Gasteiger charge is -2.37. The van der Waals surface area contributed by atoms with Crippen molar-refractivity contribution < 1.29 is 17.9 Å². The number of nitrogens with zero attached hydrogens (tertiary/aromatic N) is 3. The van der Waals surface area contributed by atoms with Gasteiger partial charge in [-0.05, 0) is 51.2 Å². The lowest BCUT2D eigenvalue weighted by molar-refractivity contribution is -0.150. The Labute approximate surface area is 204 Å². The second kappa shape index (κ2) is 9.78. The summed E-state index contributed by atoms with van der Waals surface area (Å²) in [6, 6.07) is 8.74. The SMILES string of the molecule is Cc1ccc(N2CCN(CCC3CC4(CCN(S(=O)(=O)C5CCCC5)CC4)C(=O)O3)CC2)cc1. The number of hydrogen-bond acceptors (Lipinski definition) is 6. The molecule has 1 atom stereocenters. The summed E-state index contributed by atoms with van der Waals surface area (Å²) in [5.74, 6) is -0.0976. The zero-order valence-electron chi connectivity index (χ0n) is 20.5. The van der Waals surface area contributed by atoms with E-state index in [-0.39, 0.29) is 17.3 Å². The van der Waals surface area contributed by atoms with Crippen molar-refractivity contribution in [3.8, 4) is 0 Å². The fourth-order valence-electron chi connectivity index (χ4n) is 6.28. The summed E-state index contributed by atoms with van der Waals surface area (Å²) in [6.07, 6.45) is 6.36. The van der Waals surface area contributed by atoms with E-state index >= 15 is 0 Å². The van der Waals surface area contributed by atoms with E-state index in [2.05, 4.69) is 41.0 Å². The van der Waals surface area contributed by atoms with Gasteiger partial charge in [-0.2, -0.15) is 0 Å². The van der Waals surface area contributed by atoms with Crippen LogP contribution in [-0.2, 0) is 19.6 Å². The van der Waals surface area contributed by atoms with Crippen molar-refractivity contribution in [1.82, 2.24) is 9.21 Å². The molecule has 5 rings (SSSR count). The highest BCUT2D eigenvalue weighted by Crippen LogP contribution is 2.45. The monoisotopic (exact) mass is 489 g/mol. The Morgan fingerprint density at radius 3 is 2.26 bits per heavy atom. The molecule has 0 bridgehead atoms. The van der Waals surface area contributed by atoms with Crippen molar-refractivity contribution in [2.75, 3.05) is 50.7 Å². The van der Waals surface area contributed by atoms with E-state index in [4.69, 9.17) is 4.74 Å². The highest BCUT2D eigenvalue weighted by molar-refractivity contribution is 7.89. The molecule has 0 radical (unpaired) electrons. The second-order valence-corrected chi connectivity index (χ2v) is 13.0. The number of cyclic esters (lactones) is 1. The normalized spacial score (nSPS) is 26.9. The van der Waals surface area contributed by atoms with Gasteiger partial charge in [-0.15, -0.1) is 0 Å². The Hall–Kier alpha value is -1.64. The maximum absolute atomic E-state index is 12.9. The third kappa shape index (κ3) is 4.86. The summed E-state index contributed by atoms with van der Waals surface area (Å²) < 4.78 is 33.4. The van der Waals surface area contributed by atoms with Crippen LogP contribution in [0.1, 0.15) is 56.9 Å². The molecule has 1 aromatic rings. The summed E-state index contributed by atoms with van der Waals surface area (Å²) in [6.45, 7) is 8.05. The molecular weight excluding hydrogens is 450 g/mol. The molecule has 3 aliphatic heterocycles. The molecule has 34 heavy (non-hydrogen) atoms. The molecule has 1 unspecified atom stereocenters. The molecule has 1 aliphatic carbocycles. The maximum Gasteiger partial charge on any atom is 0.312 e. The summed E-state index contributed by atoms with van der Waals surface area (Å²) in [5.41, 5.74) is 2.10. The minimum atomic E-state index is -3.22. The lowest BCUT2D eigenvalue weighted by atomic mass is 9.76. The standard InChI is InChI=1S/C26H39N3O4S/c1-21-6-8-22(9-7-21)28-18-16-27(17-19-28)13-10-23-20-26(25(30)33-23)11-14-29(15-12-26)34(31,32)24-4-2-3-5-24/h6-9,23-24H,2-5,10-20H2,1H3. The van der Waals surface area contributed by atoms with Crippen LogP contribution >= 0.6 is 0 Å². The van der Waals surface area contributed by atoms with Crippen LogP contribution < -0.4 is 4.90 Å². The molecule has 1 aromatic carbocycles. The van der Waals surface area contributed by atoms with Crippen molar-refractivity contribution in [1.29, 1.82) is 0 Å².